The molecule has 0 aliphatic heterocycles. The Morgan fingerprint density at radius 2 is 2.10 bits per heavy atom. The second-order valence-corrected chi connectivity index (χ2v) is 5.18. The van der Waals surface area contributed by atoms with E-state index in [1.54, 1.807) is 6.92 Å². The van der Waals surface area contributed by atoms with Crippen molar-refractivity contribution < 1.29 is 23.5 Å². The highest BCUT2D eigenvalue weighted by Gasteiger charge is 2.46. The Morgan fingerprint density at radius 3 is 2.71 bits per heavy atom. The Morgan fingerprint density at radius 1 is 1.38 bits per heavy atom. The van der Waals surface area contributed by atoms with Gasteiger partial charge in [-0.25, -0.2) is 8.78 Å². The van der Waals surface area contributed by atoms with Crippen LogP contribution in [0.4, 0.5) is 8.78 Å². The van der Waals surface area contributed by atoms with Crippen LogP contribution in [0.2, 0.25) is 0 Å². The quantitative estimate of drug-likeness (QED) is 0.877. The van der Waals surface area contributed by atoms with Gasteiger partial charge in [0.2, 0.25) is 5.91 Å². The number of halogens is 2. The first-order valence-corrected chi connectivity index (χ1v) is 6.89. The lowest BCUT2D eigenvalue weighted by molar-refractivity contribution is -0.138. The van der Waals surface area contributed by atoms with Crippen LogP contribution < -0.4 is 0 Å². The Labute approximate surface area is 121 Å². The first kappa shape index (κ1) is 15.4. The molecular formula is C15H17F2NO3. The molecule has 1 fully saturated rings. The van der Waals surface area contributed by atoms with Crippen molar-refractivity contribution in [3.8, 4) is 0 Å². The summed E-state index contributed by atoms with van der Waals surface area (Å²) in [7, 11) is 0. The van der Waals surface area contributed by atoms with Crippen LogP contribution in [0.1, 0.15) is 31.2 Å². The molecule has 1 N–H and O–H groups in total. The van der Waals surface area contributed by atoms with E-state index in [1.807, 2.05) is 0 Å². The maximum Gasteiger partial charge on any atom is 0.305 e. The zero-order valence-electron chi connectivity index (χ0n) is 11.7. The summed E-state index contributed by atoms with van der Waals surface area (Å²) in [6.07, 6.45) is 0.355. The van der Waals surface area contributed by atoms with Crippen molar-refractivity contribution in [1.82, 2.24) is 4.90 Å². The molecule has 4 nitrogen and oxygen atoms in total. The maximum atomic E-state index is 13.7. The number of hydrogen-bond donors (Lipinski definition) is 1. The van der Waals surface area contributed by atoms with Gasteiger partial charge in [-0.1, -0.05) is 0 Å². The Balaban J connectivity index is 2.02. The van der Waals surface area contributed by atoms with Gasteiger partial charge in [0.15, 0.2) is 0 Å². The van der Waals surface area contributed by atoms with E-state index in [4.69, 9.17) is 5.11 Å². The molecule has 1 aliphatic carbocycles. The van der Waals surface area contributed by atoms with Gasteiger partial charge in [0.1, 0.15) is 11.6 Å². The molecule has 2 unspecified atom stereocenters. The van der Waals surface area contributed by atoms with Gasteiger partial charge in [0, 0.05) is 19.0 Å². The SMILES string of the molecule is CCN(CCC(=O)O)C(=O)C1CC1c1cc(F)ccc1F. The van der Waals surface area contributed by atoms with Crippen LogP contribution >= 0.6 is 0 Å². The predicted octanol–water partition coefficient (Wildman–Crippen LogP) is 2.39. The van der Waals surface area contributed by atoms with Gasteiger partial charge in [0.05, 0.1) is 6.42 Å². The molecule has 1 amide bonds. The molecule has 0 saturated heterocycles. The minimum absolute atomic E-state index is 0.120. The number of aliphatic carboxylic acids is 1. The number of carboxylic acids is 1. The largest absolute Gasteiger partial charge is 0.481 e. The molecule has 2 rings (SSSR count). The molecule has 0 heterocycles. The number of amides is 1. The second kappa shape index (κ2) is 6.20. The number of carbonyl (C=O) groups excluding carboxylic acids is 1. The maximum absolute atomic E-state index is 13.7. The summed E-state index contributed by atoms with van der Waals surface area (Å²) in [6, 6.07) is 3.23. The van der Waals surface area contributed by atoms with E-state index in [0.717, 1.165) is 18.2 Å². The van der Waals surface area contributed by atoms with Gasteiger partial charge >= 0.3 is 5.97 Å². The molecule has 1 saturated carbocycles. The minimum atomic E-state index is -0.968. The molecule has 2 atom stereocenters. The summed E-state index contributed by atoms with van der Waals surface area (Å²) in [4.78, 5) is 24.3. The monoisotopic (exact) mass is 297 g/mol. The van der Waals surface area contributed by atoms with E-state index in [-0.39, 0.29) is 36.3 Å². The van der Waals surface area contributed by atoms with Gasteiger partial charge in [-0.05, 0) is 43.0 Å². The fraction of sp³-hybridized carbons (Fsp3) is 0.467. The Kier molecular flexibility index (Phi) is 4.55. The standard InChI is InChI=1S/C15H17F2NO3/c1-2-18(6-5-14(19)20)15(21)12-8-10(12)11-7-9(16)3-4-13(11)17/h3-4,7,10,12H,2,5-6,8H2,1H3,(H,19,20). The first-order chi connectivity index (χ1) is 9.93. The fourth-order valence-electron chi connectivity index (χ4n) is 2.50. The molecule has 114 valence electrons. The molecule has 6 heteroatoms. The highest BCUT2D eigenvalue weighted by Crippen LogP contribution is 2.49. The number of carbonyl (C=O) groups is 2. The number of hydrogen-bond acceptors (Lipinski definition) is 2. The highest BCUT2D eigenvalue weighted by molar-refractivity contribution is 5.83. The molecule has 1 aliphatic rings. The smallest absolute Gasteiger partial charge is 0.305 e. The molecule has 1 aromatic rings. The summed E-state index contributed by atoms with van der Waals surface area (Å²) in [5, 5.41) is 8.66. The van der Waals surface area contributed by atoms with Crippen LogP contribution in [0.5, 0.6) is 0 Å². The van der Waals surface area contributed by atoms with Crippen molar-refractivity contribution in [2.24, 2.45) is 5.92 Å². The molecule has 0 bridgehead atoms. The van der Waals surface area contributed by atoms with Gasteiger partial charge in [-0.2, -0.15) is 0 Å². The Bertz CT molecular complexity index is 562. The molecule has 0 spiro atoms. The summed E-state index contributed by atoms with van der Waals surface area (Å²) >= 11 is 0. The highest BCUT2D eigenvalue weighted by atomic mass is 19.1. The third-order valence-corrected chi connectivity index (χ3v) is 3.75. The van der Waals surface area contributed by atoms with Crippen molar-refractivity contribution in [3.05, 3.63) is 35.4 Å². The summed E-state index contributed by atoms with van der Waals surface area (Å²) in [5.74, 6) is -2.88. The summed E-state index contributed by atoms with van der Waals surface area (Å²) in [6.45, 7) is 2.31. The number of carboxylic acid groups (broad SMARTS) is 1. The normalized spacial score (nSPS) is 20.1. The topological polar surface area (TPSA) is 57.6 Å². The zero-order valence-corrected chi connectivity index (χ0v) is 11.7. The van der Waals surface area contributed by atoms with E-state index in [2.05, 4.69) is 0 Å². The van der Waals surface area contributed by atoms with Crippen LogP contribution in [0.25, 0.3) is 0 Å². The molecular weight excluding hydrogens is 280 g/mol. The minimum Gasteiger partial charge on any atom is -0.481 e. The fourth-order valence-corrected chi connectivity index (χ4v) is 2.50. The molecule has 21 heavy (non-hydrogen) atoms. The van der Waals surface area contributed by atoms with Gasteiger partial charge in [-0.3, -0.25) is 9.59 Å². The lowest BCUT2D eigenvalue weighted by atomic mass is 10.1. The average Bonchev–Trinajstić information content (AvgIpc) is 3.22. The van der Waals surface area contributed by atoms with Crippen LogP contribution in [-0.4, -0.2) is 35.0 Å². The van der Waals surface area contributed by atoms with Crippen molar-refractivity contribution >= 4 is 11.9 Å². The molecule has 1 aromatic carbocycles. The van der Waals surface area contributed by atoms with E-state index in [0.29, 0.717) is 13.0 Å². The van der Waals surface area contributed by atoms with Crippen LogP contribution in [0, 0.1) is 17.6 Å². The Hall–Kier alpha value is -1.98. The lowest BCUT2D eigenvalue weighted by Crippen LogP contribution is -2.34. The number of benzene rings is 1. The first-order valence-electron chi connectivity index (χ1n) is 6.89. The van der Waals surface area contributed by atoms with Gasteiger partial charge in [0.25, 0.3) is 0 Å². The predicted molar refractivity (Wildman–Crippen MR) is 71.7 cm³/mol. The third-order valence-electron chi connectivity index (χ3n) is 3.75. The van der Waals surface area contributed by atoms with E-state index >= 15 is 0 Å². The van der Waals surface area contributed by atoms with Gasteiger partial charge < -0.3 is 10.0 Å². The van der Waals surface area contributed by atoms with Crippen molar-refractivity contribution in [2.45, 2.75) is 25.7 Å². The number of nitrogens with zero attached hydrogens (tertiary/aromatic N) is 1. The van der Waals surface area contributed by atoms with E-state index in [9.17, 15) is 18.4 Å². The van der Waals surface area contributed by atoms with Crippen molar-refractivity contribution in [1.29, 1.82) is 0 Å². The van der Waals surface area contributed by atoms with Crippen LogP contribution in [0.3, 0.4) is 0 Å². The summed E-state index contributed by atoms with van der Waals surface area (Å²) in [5.41, 5.74) is 0.225. The van der Waals surface area contributed by atoms with E-state index in [1.165, 1.54) is 4.90 Å². The second-order valence-electron chi connectivity index (χ2n) is 5.18. The van der Waals surface area contributed by atoms with Gasteiger partial charge in [-0.15, -0.1) is 0 Å². The summed E-state index contributed by atoms with van der Waals surface area (Å²) < 4.78 is 26.8. The average molecular weight is 297 g/mol. The zero-order chi connectivity index (χ0) is 15.6. The third kappa shape index (κ3) is 3.56. The molecule has 0 radical (unpaired) electrons. The molecule has 0 aromatic heterocycles. The van der Waals surface area contributed by atoms with E-state index < -0.39 is 17.6 Å². The van der Waals surface area contributed by atoms with Crippen LogP contribution in [-0.2, 0) is 9.59 Å². The number of rotatable bonds is 6. The lowest BCUT2D eigenvalue weighted by Gasteiger charge is -2.20. The van der Waals surface area contributed by atoms with Crippen molar-refractivity contribution in [3.63, 3.8) is 0 Å². The van der Waals surface area contributed by atoms with Crippen molar-refractivity contribution in [2.75, 3.05) is 13.1 Å². The van der Waals surface area contributed by atoms with Crippen LogP contribution in [0.15, 0.2) is 18.2 Å².